The maximum atomic E-state index is 12.7. The molecular weight excluding hydrogens is 318 g/mol. The van der Waals surface area contributed by atoms with E-state index in [1.54, 1.807) is 10.8 Å². The normalized spacial score (nSPS) is 15.7. The molecule has 0 saturated carbocycles. The number of para-hydroxylation sites is 1. The Labute approximate surface area is 125 Å². The summed E-state index contributed by atoms with van der Waals surface area (Å²) in [5, 5.41) is 0.823. The number of nitrogens with zero attached hydrogens (tertiary/aromatic N) is 1. The Kier molecular flexibility index (Phi) is 3.57. The summed E-state index contributed by atoms with van der Waals surface area (Å²) in [5.41, 5.74) is 2.17. The van der Waals surface area contributed by atoms with Gasteiger partial charge in [0, 0.05) is 27.2 Å². The molecule has 2 aromatic rings. The summed E-state index contributed by atoms with van der Waals surface area (Å²) in [6.45, 7) is 0. The summed E-state index contributed by atoms with van der Waals surface area (Å²) in [4.78, 5) is 23.9. The van der Waals surface area contributed by atoms with Crippen molar-refractivity contribution in [1.29, 1.82) is 0 Å². The molecule has 0 atom stereocenters. The standard InChI is InChI=1S/C16H14BrNO2/c17-14-7-3-1-6-13(14)16(20)18-9-11(10-19)12-5-2-4-8-15(12)18/h2,4-5,8-10H,1,3,6-7H2. The lowest BCUT2D eigenvalue weighted by atomic mass is 9.99. The van der Waals surface area contributed by atoms with Crippen LogP contribution in [-0.2, 0) is 0 Å². The monoisotopic (exact) mass is 331 g/mol. The highest BCUT2D eigenvalue weighted by molar-refractivity contribution is 9.11. The quantitative estimate of drug-likeness (QED) is 0.769. The van der Waals surface area contributed by atoms with Gasteiger partial charge >= 0.3 is 0 Å². The number of fused-ring (bicyclic) bond motifs is 1. The number of carbonyl (C=O) groups is 2. The number of aldehydes is 1. The van der Waals surface area contributed by atoms with E-state index in [0.29, 0.717) is 5.56 Å². The van der Waals surface area contributed by atoms with Crippen LogP contribution < -0.4 is 0 Å². The third-order valence-corrected chi connectivity index (χ3v) is 4.62. The molecule has 0 fully saturated rings. The van der Waals surface area contributed by atoms with Gasteiger partial charge in [-0.1, -0.05) is 34.1 Å². The predicted octanol–water partition coefficient (Wildman–Crippen LogP) is 4.32. The van der Waals surface area contributed by atoms with Crippen molar-refractivity contribution >= 4 is 39.0 Å². The maximum Gasteiger partial charge on any atom is 0.259 e. The third-order valence-electron chi connectivity index (χ3n) is 3.75. The number of benzene rings is 1. The van der Waals surface area contributed by atoms with Crippen LogP contribution in [0.15, 0.2) is 40.5 Å². The van der Waals surface area contributed by atoms with E-state index in [4.69, 9.17) is 0 Å². The Morgan fingerprint density at radius 3 is 2.70 bits per heavy atom. The highest BCUT2D eigenvalue weighted by atomic mass is 79.9. The zero-order chi connectivity index (χ0) is 14.1. The van der Waals surface area contributed by atoms with Gasteiger partial charge in [0.15, 0.2) is 6.29 Å². The van der Waals surface area contributed by atoms with Gasteiger partial charge in [-0.2, -0.15) is 0 Å². The number of halogens is 1. The fourth-order valence-electron chi connectivity index (χ4n) is 2.70. The maximum absolute atomic E-state index is 12.7. The van der Waals surface area contributed by atoms with Crippen LogP contribution in [0.2, 0.25) is 0 Å². The largest absolute Gasteiger partial charge is 0.298 e. The molecule has 3 rings (SSSR count). The van der Waals surface area contributed by atoms with Crippen molar-refractivity contribution in [2.24, 2.45) is 0 Å². The van der Waals surface area contributed by atoms with Crippen LogP contribution in [0.4, 0.5) is 0 Å². The van der Waals surface area contributed by atoms with Crippen LogP contribution in [-0.4, -0.2) is 16.8 Å². The van der Waals surface area contributed by atoms with Gasteiger partial charge in [0.25, 0.3) is 5.91 Å². The van der Waals surface area contributed by atoms with E-state index in [-0.39, 0.29) is 5.91 Å². The average molecular weight is 332 g/mol. The van der Waals surface area contributed by atoms with Crippen molar-refractivity contribution in [1.82, 2.24) is 4.57 Å². The molecule has 0 radical (unpaired) electrons. The number of allylic oxidation sites excluding steroid dienone is 2. The van der Waals surface area contributed by atoms with Crippen molar-refractivity contribution in [3.05, 3.63) is 46.1 Å². The Morgan fingerprint density at radius 1 is 1.20 bits per heavy atom. The van der Waals surface area contributed by atoms with Crippen molar-refractivity contribution in [2.45, 2.75) is 25.7 Å². The predicted molar refractivity (Wildman–Crippen MR) is 82.4 cm³/mol. The second-order valence-corrected chi connectivity index (χ2v) is 5.94. The van der Waals surface area contributed by atoms with E-state index >= 15 is 0 Å². The van der Waals surface area contributed by atoms with E-state index < -0.39 is 0 Å². The topological polar surface area (TPSA) is 39.1 Å². The van der Waals surface area contributed by atoms with Gasteiger partial charge in [0.1, 0.15) is 0 Å². The molecule has 1 aliphatic carbocycles. The molecule has 0 spiro atoms. The first-order valence-electron chi connectivity index (χ1n) is 6.70. The molecule has 0 unspecified atom stereocenters. The van der Waals surface area contributed by atoms with E-state index in [1.165, 1.54) is 0 Å². The molecular formula is C16H14BrNO2. The molecule has 102 valence electrons. The zero-order valence-electron chi connectivity index (χ0n) is 10.9. The number of hydrogen-bond donors (Lipinski definition) is 0. The molecule has 1 aromatic heterocycles. The highest BCUT2D eigenvalue weighted by Gasteiger charge is 2.21. The van der Waals surface area contributed by atoms with Gasteiger partial charge in [0.05, 0.1) is 5.52 Å². The summed E-state index contributed by atoms with van der Waals surface area (Å²) < 4.78 is 2.60. The Balaban J connectivity index is 2.15. The molecule has 0 amide bonds. The molecule has 1 aliphatic rings. The lowest BCUT2D eigenvalue weighted by molar-refractivity contribution is 0.0954. The van der Waals surface area contributed by atoms with E-state index in [1.807, 2.05) is 24.3 Å². The molecule has 0 N–H and O–H groups in total. The van der Waals surface area contributed by atoms with Crippen LogP contribution in [0.25, 0.3) is 10.9 Å². The minimum atomic E-state index is -0.0270. The number of hydrogen-bond acceptors (Lipinski definition) is 2. The fourth-order valence-corrected chi connectivity index (χ4v) is 3.35. The van der Waals surface area contributed by atoms with Gasteiger partial charge in [0.2, 0.25) is 0 Å². The Bertz CT molecular complexity index is 727. The second-order valence-electron chi connectivity index (χ2n) is 4.99. The van der Waals surface area contributed by atoms with Crippen molar-refractivity contribution in [3.63, 3.8) is 0 Å². The summed E-state index contributed by atoms with van der Waals surface area (Å²) in [5.74, 6) is -0.0270. The van der Waals surface area contributed by atoms with Crippen molar-refractivity contribution in [3.8, 4) is 0 Å². The first-order valence-corrected chi connectivity index (χ1v) is 7.49. The van der Waals surface area contributed by atoms with Crippen LogP contribution in [0.5, 0.6) is 0 Å². The molecule has 20 heavy (non-hydrogen) atoms. The van der Waals surface area contributed by atoms with Crippen LogP contribution in [0.1, 0.15) is 40.8 Å². The second kappa shape index (κ2) is 5.37. The molecule has 1 aromatic carbocycles. The summed E-state index contributed by atoms with van der Waals surface area (Å²) in [6, 6.07) is 7.50. The lowest BCUT2D eigenvalue weighted by Crippen LogP contribution is -2.15. The van der Waals surface area contributed by atoms with Gasteiger partial charge in [-0.05, 0) is 31.7 Å². The van der Waals surface area contributed by atoms with Gasteiger partial charge in [-0.3, -0.25) is 14.2 Å². The van der Waals surface area contributed by atoms with E-state index in [0.717, 1.165) is 52.9 Å². The number of aromatic nitrogens is 1. The first-order chi connectivity index (χ1) is 9.72. The Morgan fingerprint density at radius 2 is 1.95 bits per heavy atom. The van der Waals surface area contributed by atoms with Crippen molar-refractivity contribution in [2.75, 3.05) is 0 Å². The van der Waals surface area contributed by atoms with Gasteiger partial charge in [-0.15, -0.1) is 0 Å². The zero-order valence-corrected chi connectivity index (χ0v) is 12.5. The summed E-state index contributed by atoms with van der Waals surface area (Å²) >= 11 is 3.52. The van der Waals surface area contributed by atoms with E-state index in [9.17, 15) is 9.59 Å². The van der Waals surface area contributed by atoms with Crippen molar-refractivity contribution < 1.29 is 9.59 Å². The molecule has 3 nitrogen and oxygen atoms in total. The van der Waals surface area contributed by atoms with Crippen LogP contribution in [0, 0.1) is 0 Å². The van der Waals surface area contributed by atoms with Crippen LogP contribution in [0.3, 0.4) is 0 Å². The van der Waals surface area contributed by atoms with E-state index in [2.05, 4.69) is 15.9 Å². The average Bonchev–Trinajstić information content (AvgIpc) is 2.86. The molecule has 1 heterocycles. The number of rotatable bonds is 2. The smallest absolute Gasteiger partial charge is 0.259 e. The Hall–Kier alpha value is -1.68. The SMILES string of the molecule is O=Cc1cn(C(=O)C2=C(Br)CCCC2)c2ccccc12. The van der Waals surface area contributed by atoms with Crippen LogP contribution >= 0.6 is 15.9 Å². The molecule has 4 heteroatoms. The third kappa shape index (κ3) is 2.14. The summed E-state index contributed by atoms with van der Waals surface area (Å²) in [7, 11) is 0. The molecule has 0 bridgehead atoms. The van der Waals surface area contributed by atoms with Gasteiger partial charge < -0.3 is 0 Å². The minimum absolute atomic E-state index is 0.0270. The number of carbonyl (C=O) groups excluding carboxylic acids is 2. The fraction of sp³-hybridized carbons (Fsp3) is 0.250. The van der Waals surface area contributed by atoms with Gasteiger partial charge in [-0.25, -0.2) is 0 Å². The highest BCUT2D eigenvalue weighted by Crippen LogP contribution is 2.31. The summed E-state index contributed by atoms with van der Waals surface area (Å²) in [6.07, 6.45) is 6.31. The lowest BCUT2D eigenvalue weighted by Gasteiger charge is -2.16. The molecule has 0 aliphatic heterocycles. The minimum Gasteiger partial charge on any atom is -0.298 e. The molecule has 0 saturated heterocycles. The first kappa shape index (κ1) is 13.3.